The molecule has 10 heteroatoms. The summed E-state index contributed by atoms with van der Waals surface area (Å²) in [5.41, 5.74) is -0.555. The average molecular weight is 460 g/mol. The summed E-state index contributed by atoms with van der Waals surface area (Å²) in [6, 6.07) is 14.5. The number of fused-ring (bicyclic) bond motifs is 1. The highest BCUT2D eigenvalue weighted by atomic mass is 19.4. The lowest BCUT2D eigenvalue weighted by atomic mass is 10.1. The summed E-state index contributed by atoms with van der Waals surface area (Å²) in [4.78, 5) is 17.0. The average Bonchev–Trinajstić information content (AvgIpc) is 3.08. The fourth-order valence-electron chi connectivity index (χ4n) is 3.59. The Bertz CT molecular complexity index is 1320. The van der Waals surface area contributed by atoms with Gasteiger partial charge in [0.25, 0.3) is 6.43 Å². The molecule has 0 saturated heterocycles. The van der Waals surface area contributed by atoms with Crippen molar-refractivity contribution >= 4 is 22.6 Å². The number of para-hydroxylation sites is 1. The van der Waals surface area contributed by atoms with E-state index in [1.807, 2.05) is 0 Å². The Morgan fingerprint density at radius 1 is 1.06 bits per heavy atom. The van der Waals surface area contributed by atoms with Crippen molar-refractivity contribution in [3.8, 4) is 11.3 Å². The van der Waals surface area contributed by atoms with Crippen LogP contribution in [-0.4, -0.2) is 20.7 Å². The van der Waals surface area contributed by atoms with E-state index in [1.165, 1.54) is 25.1 Å². The van der Waals surface area contributed by atoms with Crippen molar-refractivity contribution in [1.29, 1.82) is 0 Å². The standard InChI is InChI=1S/C23H17F5N4O/c1-13-20-15(21(24)25)11-18(14-7-3-2-4-8-14)30-22(20)32(31-13)12-19(33)29-17-10-6-5-9-16(17)23(26,27)28/h2-11,21H,12H2,1H3,(H,29,33). The molecule has 1 amide bonds. The maximum absolute atomic E-state index is 13.8. The van der Waals surface area contributed by atoms with Gasteiger partial charge in [0.05, 0.1) is 28.0 Å². The predicted octanol–water partition coefficient (Wildman–Crippen LogP) is 6.00. The van der Waals surface area contributed by atoms with E-state index >= 15 is 0 Å². The van der Waals surface area contributed by atoms with Gasteiger partial charge in [-0.25, -0.2) is 18.4 Å². The fourth-order valence-corrected chi connectivity index (χ4v) is 3.59. The zero-order valence-electron chi connectivity index (χ0n) is 17.2. The Hall–Kier alpha value is -3.82. The van der Waals surface area contributed by atoms with E-state index < -0.39 is 36.3 Å². The molecule has 0 saturated carbocycles. The van der Waals surface area contributed by atoms with Crippen LogP contribution in [0, 0.1) is 6.92 Å². The number of benzene rings is 2. The Kier molecular flexibility index (Phi) is 5.84. The van der Waals surface area contributed by atoms with E-state index in [2.05, 4.69) is 15.4 Å². The minimum Gasteiger partial charge on any atom is -0.324 e. The van der Waals surface area contributed by atoms with Gasteiger partial charge in [-0.15, -0.1) is 0 Å². The van der Waals surface area contributed by atoms with E-state index in [9.17, 15) is 26.7 Å². The molecular formula is C23H17F5N4O. The van der Waals surface area contributed by atoms with Crippen LogP contribution in [0.5, 0.6) is 0 Å². The number of anilines is 1. The number of amides is 1. The van der Waals surface area contributed by atoms with E-state index in [1.54, 1.807) is 30.3 Å². The van der Waals surface area contributed by atoms with Gasteiger partial charge in [-0.1, -0.05) is 42.5 Å². The molecule has 5 nitrogen and oxygen atoms in total. The van der Waals surface area contributed by atoms with Crippen LogP contribution in [-0.2, 0) is 17.5 Å². The molecule has 2 aromatic heterocycles. The van der Waals surface area contributed by atoms with Crippen LogP contribution in [0.4, 0.5) is 27.6 Å². The van der Waals surface area contributed by atoms with Crippen molar-refractivity contribution in [2.75, 3.05) is 5.32 Å². The van der Waals surface area contributed by atoms with Gasteiger partial charge in [0.2, 0.25) is 5.91 Å². The molecule has 2 heterocycles. The van der Waals surface area contributed by atoms with Crippen LogP contribution in [0.2, 0.25) is 0 Å². The fraction of sp³-hybridized carbons (Fsp3) is 0.174. The number of rotatable bonds is 5. The van der Waals surface area contributed by atoms with Gasteiger partial charge in [0, 0.05) is 11.1 Å². The number of carbonyl (C=O) groups is 1. The first-order chi connectivity index (χ1) is 15.6. The Morgan fingerprint density at radius 3 is 2.39 bits per heavy atom. The molecule has 0 atom stereocenters. The highest BCUT2D eigenvalue weighted by Gasteiger charge is 2.33. The molecule has 1 N–H and O–H groups in total. The van der Waals surface area contributed by atoms with Gasteiger partial charge < -0.3 is 5.32 Å². The molecule has 4 rings (SSSR count). The van der Waals surface area contributed by atoms with E-state index in [-0.39, 0.29) is 28.0 Å². The molecule has 0 bridgehead atoms. The molecule has 0 fully saturated rings. The van der Waals surface area contributed by atoms with Crippen molar-refractivity contribution in [3.63, 3.8) is 0 Å². The maximum Gasteiger partial charge on any atom is 0.418 e. The summed E-state index contributed by atoms with van der Waals surface area (Å²) in [6.07, 6.45) is -7.47. The molecule has 4 aromatic rings. The SMILES string of the molecule is Cc1nn(CC(=O)Nc2ccccc2C(F)(F)F)c2nc(-c3ccccc3)cc(C(F)F)c12. The molecule has 0 aliphatic heterocycles. The lowest BCUT2D eigenvalue weighted by molar-refractivity contribution is -0.137. The van der Waals surface area contributed by atoms with Gasteiger partial charge in [-0.05, 0) is 25.1 Å². The van der Waals surface area contributed by atoms with Crippen molar-refractivity contribution in [1.82, 2.24) is 14.8 Å². The van der Waals surface area contributed by atoms with Crippen molar-refractivity contribution in [3.05, 3.63) is 77.5 Å². The predicted molar refractivity (Wildman–Crippen MR) is 113 cm³/mol. The molecule has 0 spiro atoms. The van der Waals surface area contributed by atoms with Crippen LogP contribution in [0.25, 0.3) is 22.3 Å². The molecule has 2 aromatic carbocycles. The molecule has 33 heavy (non-hydrogen) atoms. The van der Waals surface area contributed by atoms with Crippen LogP contribution in [0.1, 0.15) is 23.2 Å². The van der Waals surface area contributed by atoms with Crippen LogP contribution < -0.4 is 5.32 Å². The molecular weight excluding hydrogens is 443 g/mol. The minimum atomic E-state index is -4.66. The monoisotopic (exact) mass is 460 g/mol. The first kappa shape index (κ1) is 22.4. The molecule has 170 valence electrons. The second kappa shape index (κ2) is 8.61. The summed E-state index contributed by atoms with van der Waals surface area (Å²) in [7, 11) is 0. The zero-order chi connectivity index (χ0) is 23.8. The number of pyridine rings is 1. The summed E-state index contributed by atoms with van der Waals surface area (Å²) in [6.45, 7) is 0.996. The quantitative estimate of drug-likeness (QED) is 0.372. The van der Waals surface area contributed by atoms with Crippen molar-refractivity contribution in [2.45, 2.75) is 26.1 Å². The molecule has 0 aliphatic rings. The minimum absolute atomic E-state index is 0.0448. The Balaban J connectivity index is 1.73. The summed E-state index contributed by atoms with van der Waals surface area (Å²) < 4.78 is 68.4. The van der Waals surface area contributed by atoms with E-state index in [4.69, 9.17) is 0 Å². The van der Waals surface area contributed by atoms with E-state index in [0.717, 1.165) is 16.8 Å². The third kappa shape index (κ3) is 4.55. The van der Waals surface area contributed by atoms with Crippen LogP contribution in [0.3, 0.4) is 0 Å². The van der Waals surface area contributed by atoms with E-state index in [0.29, 0.717) is 5.56 Å². The largest absolute Gasteiger partial charge is 0.418 e. The van der Waals surface area contributed by atoms with Crippen molar-refractivity contribution < 1.29 is 26.7 Å². The number of hydrogen-bond acceptors (Lipinski definition) is 3. The lowest BCUT2D eigenvalue weighted by Crippen LogP contribution is -2.22. The lowest BCUT2D eigenvalue weighted by Gasteiger charge is -2.13. The van der Waals surface area contributed by atoms with Gasteiger partial charge in [0.1, 0.15) is 6.54 Å². The number of halogens is 5. The second-order valence-electron chi connectivity index (χ2n) is 7.30. The third-order valence-electron chi connectivity index (χ3n) is 5.01. The number of carbonyl (C=O) groups excluding carboxylic acids is 1. The van der Waals surface area contributed by atoms with Crippen molar-refractivity contribution in [2.24, 2.45) is 0 Å². The number of aromatic nitrogens is 3. The zero-order valence-corrected chi connectivity index (χ0v) is 17.2. The number of hydrogen-bond donors (Lipinski definition) is 1. The Morgan fingerprint density at radius 2 is 1.73 bits per heavy atom. The molecule has 0 aliphatic carbocycles. The second-order valence-corrected chi connectivity index (χ2v) is 7.30. The highest BCUT2D eigenvalue weighted by molar-refractivity contribution is 5.93. The molecule has 0 unspecified atom stereocenters. The third-order valence-corrected chi connectivity index (χ3v) is 5.01. The number of nitrogens with zero attached hydrogens (tertiary/aromatic N) is 3. The summed E-state index contributed by atoms with van der Waals surface area (Å²) in [5.74, 6) is -0.804. The maximum atomic E-state index is 13.8. The topological polar surface area (TPSA) is 59.8 Å². The summed E-state index contributed by atoms with van der Waals surface area (Å²) in [5, 5.41) is 6.49. The highest BCUT2D eigenvalue weighted by Crippen LogP contribution is 2.35. The van der Waals surface area contributed by atoms with Gasteiger partial charge in [-0.3, -0.25) is 4.79 Å². The Labute approximate surface area is 184 Å². The van der Waals surface area contributed by atoms with Crippen LogP contribution in [0.15, 0.2) is 60.7 Å². The smallest absolute Gasteiger partial charge is 0.324 e. The number of nitrogens with one attached hydrogen (secondary N) is 1. The van der Waals surface area contributed by atoms with Gasteiger partial charge in [-0.2, -0.15) is 18.3 Å². The van der Waals surface area contributed by atoms with Gasteiger partial charge in [0.15, 0.2) is 5.65 Å². The first-order valence-corrected chi connectivity index (χ1v) is 9.83. The molecule has 0 radical (unpaired) electrons. The number of alkyl halides is 5. The first-order valence-electron chi connectivity index (χ1n) is 9.83. The normalized spacial score (nSPS) is 11.8. The van der Waals surface area contributed by atoms with Crippen LogP contribution >= 0.6 is 0 Å². The van der Waals surface area contributed by atoms with Gasteiger partial charge >= 0.3 is 6.18 Å². The number of aryl methyl sites for hydroxylation is 1. The summed E-state index contributed by atoms with van der Waals surface area (Å²) >= 11 is 0.